The molecule has 0 atom stereocenters. The minimum absolute atomic E-state index is 0.244. The van der Waals surface area contributed by atoms with Crippen LogP contribution in [-0.4, -0.2) is 29.7 Å². The molecule has 1 aliphatic carbocycles. The highest BCUT2D eigenvalue weighted by Crippen LogP contribution is 2.16. The molecule has 0 saturated heterocycles. The summed E-state index contributed by atoms with van der Waals surface area (Å²) in [5.74, 6) is -2.29. The largest absolute Gasteiger partial charge is 0.505 e. The third-order valence-electron chi connectivity index (χ3n) is 1.68. The van der Waals surface area contributed by atoms with E-state index in [1.165, 1.54) is 0 Å². The van der Waals surface area contributed by atoms with Crippen molar-refractivity contribution in [3.05, 3.63) is 23.1 Å². The summed E-state index contributed by atoms with van der Waals surface area (Å²) in [4.78, 5) is 22.1. The molecule has 0 aromatic carbocycles. The number of aliphatic hydroxyl groups excluding tert-OH is 1. The highest BCUT2D eigenvalue weighted by molar-refractivity contribution is 6.54. The Bertz CT molecular complexity index is 392. The fourth-order valence-electron chi connectivity index (χ4n) is 0.969. The van der Waals surface area contributed by atoms with Gasteiger partial charge in [-0.05, 0) is 0 Å². The van der Waals surface area contributed by atoms with Crippen LogP contribution < -0.4 is 5.73 Å². The molecule has 14 heavy (non-hydrogen) atoms. The molecule has 0 heterocycles. The van der Waals surface area contributed by atoms with Gasteiger partial charge in [-0.1, -0.05) is 0 Å². The van der Waals surface area contributed by atoms with Crippen molar-refractivity contribution in [2.45, 2.75) is 0 Å². The van der Waals surface area contributed by atoms with Gasteiger partial charge in [0.2, 0.25) is 5.78 Å². The van der Waals surface area contributed by atoms with Crippen LogP contribution in [0, 0.1) is 5.41 Å². The zero-order valence-corrected chi connectivity index (χ0v) is 7.33. The maximum absolute atomic E-state index is 11.1. The molecule has 4 N–H and O–H groups in total. The monoisotopic (exact) mass is 196 g/mol. The van der Waals surface area contributed by atoms with Gasteiger partial charge in [0.05, 0.1) is 12.8 Å². The van der Waals surface area contributed by atoms with Gasteiger partial charge in [-0.3, -0.25) is 10.2 Å². The average molecular weight is 196 g/mol. The van der Waals surface area contributed by atoms with Crippen molar-refractivity contribution in [2.75, 3.05) is 7.11 Å². The number of nitrogens with two attached hydrogens (primary N) is 1. The number of ether oxygens (including phenoxy) is 1. The Morgan fingerprint density at radius 2 is 2.21 bits per heavy atom. The van der Waals surface area contributed by atoms with E-state index in [1.54, 1.807) is 0 Å². The number of methoxy groups -OCH3 is 1. The number of esters is 1. The van der Waals surface area contributed by atoms with Crippen LogP contribution in [0.1, 0.15) is 0 Å². The van der Waals surface area contributed by atoms with Crippen molar-refractivity contribution in [1.82, 2.24) is 0 Å². The Labute approximate surface area is 79.2 Å². The van der Waals surface area contributed by atoms with Crippen molar-refractivity contribution in [1.29, 1.82) is 5.41 Å². The summed E-state index contributed by atoms with van der Waals surface area (Å²) >= 11 is 0. The molecule has 0 aromatic rings. The highest BCUT2D eigenvalue weighted by Gasteiger charge is 2.30. The summed E-state index contributed by atoms with van der Waals surface area (Å²) < 4.78 is 4.29. The summed E-state index contributed by atoms with van der Waals surface area (Å²) in [5, 5.41) is 16.6. The molecule has 0 saturated carbocycles. The lowest BCUT2D eigenvalue weighted by atomic mass is 9.98. The first-order chi connectivity index (χ1) is 6.49. The molecule has 0 spiro atoms. The molecular weight excluding hydrogens is 188 g/mol. The lowest BCUT2D eigenvalue weighted by Crippen LogP contribution is -2.28. The number of allylic oxidation sites excluding steroid dienone is 1. The summed E-state index contributed by atoms with van der Waals surface area (Å²) in [6.45, 7) is 0. The van der Waals surface area contributed by atoms with Crippen molar-refractivity contribution in [2.24, 2.45) is 5.73 Å². The fraction of sp³-hybridized carbons (Fsp3) is 0.125. The Morgan fingerprint density at radius 3 is 2.71 bits per heavy atom. The molecule has 0 aromatic heterocycles. The number of carbonyl (C=O) groups excluding carboxylic acids is 2. The van der Waals surface area contributed by atoms with Gasteiger partial charge in [0.15, 0.2) is 5.76 Å². The van der Waals surface area contributed by atoms with Crippen LogP contribution in [0.2, 0.25) is 0 Å². The van der Waals surface area contributed by atoms with Crippen LogP contribution in [0.3, 0.4) is 0 Å². The number of ketones is 1. The molecule has 0 aliphatic heterocycles. The topological polar surface area (TPSA) is 113 Å². The molecule has 1 aliphatic rings. The van der Waals surface area contributed by atoms with E-state index in [0.29, 0.717) is 0 Å². The Balaban J connectivity index is 3.29. The fourth-order valence-corrected chi connectivity index (χ4v) is 0.969. The Kier molecular flexibility index (Phi) is 2.37. The summed E-state index contributed by atoms with van der Waals surface area (Å²) in [6, 6.07) is 0. The predicted octanol–water partition coefficient (Wildman–Crippen LogP) is -0.583. The van der Waals surface area contributed by atoms with E-state index in [9.17, 15) is 14.7 Å². The normalized spacial score (nSPS) is 16.8. The van der Waals surface area contributed by atoms with Crippen molar-refractivity contribution < 1.29 is 19.4 Å². The molecule has 74 valence electrons. The van der Waals surface area contributed by atoms with E-state index in [0.717, 1.165) is 13.2 Å². The third kappa shape index (κ3) is 1.37. The van der Waals surface area contributed by atoms with E-state index in [2.05, 4.69) is 4.74 Å². The molecular formula is C8H8N2O4. The van der Waals surface area contributed by atoms with Gasteiger partial charge < -0.3 is 15.6 Å². The van der Waals surface area contributed by atoms with Crippen LogP contribution >= 0.6 is 0 Å². The van der Waals surface area contributed by atoms with E-state index in [1.807, 2.05) is 0 Å². The molecule has 0 bridgehead atoms. The van der Waals surface area contributed by atoms with Gasteiger partial charge in [-0.25, -0.2) is 4.79 Å². The number of hydrogen-bond acceptors (Lipinski definition) is 6. The smallest absolute Gasteiger partial charge is 0.344 e. The maximum Gasteiger partial charge on any atom is 0.344 e. The molecule has 1 rings (SSSR count). The second-order valence-corrected chi connectivity index (χ2v) is 2.55. The number of aliphatic hydroxyl groups is 1. The predicted molar refractivity (Wildman–Crippen MR) is 46.7 cm³/mol. The lowest BCUT2D eigenvalue weighted by molar-refractivity contribution is -0.135. The van der Waals surface area contributed by atoms with Gasteiger partial charge in [0.1, 0.15) is 11.3 Å². The number of hydrogen-bond donors (Lipinski definition) is 3. The molecule has 0 unspecified atom stereocenters. The van der Waals surface area contributed by atoms with Gasteiger partial charge in [0, 0.05) is 6.08 Å². The first kappa shape index (κ1) is 9.97. The standard InChI is InChI=1S/C8H8N2O4/c1-14-8(13)5-6(10)4(11)2-3(9)7(5)12/h2,10,12H,9H2,1H3. The van der Waals surface area contributed by atoms with Crippen LogP contribution in [0.5, 0.6) is 0 Å². The zero-order valence-electron chi connectivity index (χ0n) is 7.33. The second kappa shape index (κ2) is 3.33. The summed E-state index contributed by atoms with van der Waals surface area (Å²) in [5.41, 5.74) is 3.87. The van der Waals surface area contributed by atoms with E-state index in [-0.39, 0.29) is 5.70 Å². The third-order valence-corrected chi connectivity index (χ3v) is 1.68. The molecule has 0 radical (unpaired) electrons. The van der Waals surface area contributed by atoms with Crippen LogP contribution in [0.25, 0.3) is 0 Å². The van der Waals surface area contributed by atoms with E-state index >= 15 is 0 Å². The first-order valence-electron chi connectivity index (χ1n) is 3.61. The maximum atomic E-state index is 11.1. The zero-order chi connectivity index (χ0) is 10.9. The summed E-state index contributed by atoms with van der Waals surface area (Å²) in [6.07, 6.45) is 0.879. The highest BCUT2D eigenvalue weighted by atomic mass is 16.5. The molecule has 6 heteroatoms. The van der Waals surface area contributed by atoms with Crippen LogP contribution in [-0.2, 0) is 14.3 Å². The number of rotatable bonds is 1. The molecule has 0 fully saturated rings. The number of nitrogens with one attached hydrogen (secondary N) is 1. The molecule has 0 amide bonds. The Morgan fingerprint density at radius 1 is 1.64 bits per heavy atom. The summed E-state index contributed by atoms with van der Waals surface area (Å²) in [7, 11) is 1.08. The minimum Gasteiger partial charge on any atom is -0.505 e. The Hall–Kier alpha value is -2.11. The molecule has 6 nitrogen and oxygen atoms in total. The van der Waals surface area contributed by atoms with Gasteiger partial charge in [-0.15, -0.1) is 0 Å². The van der Waals surface area contributed by atoms with Crippen LogP contribution in [0.4, 0.5) is 0 Å². The van der Waals surface area contributed by atoms with Gasteiger partial charge in [0.25, 0.3) is 0 Å². The van der Waals surface area contributed by atoms with E-state index in [4.69, 9.17) is 11.1 Å². The van der Waals surface area contributed by atoms with E-state index < -0.39 is 28.8 Å². The number of carbonyl (C=O) groups is 2. The van der Waals surface area contributed by atoms with Crippen molar-refractivity contribution in [3.63, 3.8) is 0 Å². The average Bonchev–Trinajstić information content (AvgIpc) is 2.15. The minimum atomic E-state index is -0.961. The van der Waals surface area contributed by atoms with Gasteiger partial charge in [-0.2, -0.15) is 0 Å². The van der Waals surface area contributed by atoms with Crippen molar-refractivity contribution in [3.8, 4) is 0 Å². The first-order valence-corrected chi connectivity index (χ1v) is 3.61. The van der Waals surface area contributed by atoms with Gasteiger partial charge >= 0.3 is 5.97 Å². The second-order valence-electron chi connectivity index (χ2n) is 2.55. The van der Waals surface area contributed by atoms with Crippen molar-refractivity contribution >= 4 is 17.5 Å². The van der Waals surface area contributed by atoms with Crippen LogP contribution in [0.15, 0.2) is 23.1 Å². The lowest BCUT2D eigenvalue weighted by Gasteiger charge is -2.12. The SMILES string of the molecule is COC(=O)C1=C(O)C(N)=CC(=O)C1=N. The quantitative estimate of drug-likeness (QED) is 0.383.